The van der Waals surface area contributed by atoms with Crippen molar-refractivity contribution >= 4 is 18.4 Å². The molecular formula is C10H18ClNO2. The normalized spacial score (nSPS) is 31.8. The lowest BCUT2D eigenvalue weighted by Crippen LogP contribution is -2.31. The van der Waals surface area contributed by atoms with Gasteiger partial charge in [0, 0.05) is 0 Å². The molecule has 2 atom stereocenters. The molecule has 0 bridgehead atoms. The molecule has 1 N–H and O–H groups in total. The summed E-state index contributed by atoms with van der Waals surface area (Å²) < 4.78 is 4.71. The van der Waals surface area contributed by atoms with E-state index in [1.54, 1.807) is 0 Å². The van der Waals surface area contributed by atoms with E-state index in [0.29, 0.717) is 0 Å². The summed E-state index contributed by atoms with van der Waals surface area (Å²) in [6.45, 7) is 1.00. The third-order valence-corrected chi connectivity index (χ3v) is 3.47. The van der Waals surface area contributed by atoms with Gasteiger partial charge in [-0.25, -0.2) is 0 Å². The van der Waals surface area contributed by atoms with Crippen LogP contribution in [0.1, 0.15) is 25.7 Å². The summed E-state index contributed by atoms with van der Waals surface area (Å²) in [6, 6.07) is -0.0319. The second-order valence-corrected chi connectivity index (χ2v) is 4.17. The lowest BCUT2D eigenvalue weighted by atomic mass is 9.75. The summed E-state index contributed by atoms with van der Waals surface area (Å²) in [7, 11) is 1.46. The summed E-state index contributed by atoms with van der Waals surface area (Å²) in [5, 5.41) is 3.23. The van der Waals surface area contributed by atoms with E-state index < -0.39 is 0 Å². The molecule has 14 heavy (non-hydrogen) atoms. The van der Waals surface area contributed by atoms with Crippen LogP contribution in [0, 0.1) is 11.8 Å². The molecule has 0 aromatic heterocycles. The summed E-state index contributed by atoms with van der Waals surface area (Å²) >= 11 is 0. The Labute approximate surface area is 91.0 Å². The first-order valence-corrected chi connectivity index (χ1v) is 5.12. The zero-order chi connectivity index (χ0) is 9.26. The van der Waals surface area contributed by atoms with Gasteiger partial charge in [-0.05, 0) is 24.8 Å². The number of hydrogen-bond donors (Lipinski definition) is 1. The minimum absolute atomic E-state index is 0. The van der Waals surface area contributed by atoms with Crippen molar-refractivity contribution in [1.29, 1.82) is 0 Å². The summed E-state index contributed by atoms with van der Waals surface area (Å²) in [6.07, 6.45) is 5.09. The van der Waals surface area contributed by atoms with E-state index in [1.165, 1.54) is 26.4 Å². The Balaban J connectivity index is 0.000000980. The van der Waals surface area contributed by atoms with Crippen LogP contribution < -0.4 is 5.32 Å². The maximum atomic E-state index is 11.2. The first-order chi connectivity index (χ1) is 6.31. The number of hydrogen-bond acceptors (Lipinski definition) is 3. The number of carbonyl (C=O) groups excluding carboxylic acids is 1. The van der Waals surface area contributed by atoms with E-state index in [1.807, 2.05) is 0 Å². The lowest BCUT2D eigenvalue weighted by molar-refractivity contribution is -0.142. The van der Waals surface area contributed by atoms with Gasteiger partial charge in [-0.1, -0.05) is 19.3 Å². The Hall–Kier alpha value is -0.280. The second kappa shape index (κ2) is 4.99. The van der Waals surface area contributed by atoms with Crippen molar-refractivity contribution in [3.8, 4) is 0 Å². The number of carbonyl (C=O) groups is 1. The molecule has 0 aromatic carbocycles. The Morgan fingerprint density at radius 2 is 2.07 bits per heavy atom. The predicted molar refractivity (Wildman–Crippen MR) is 56.5 cm³/mol. The van der Waals surface area contributed by atoms with Crippen LogP contribution in [0.4, 0.5) is 0 Å². The molecule has 1 heterocycles. The second-order valence-electron chi connectivity index (χ2n) is 4.17. The molecule has 2 fully saturated rings. The Morgan fingerprint density at radius 3 is 2.57 bits per heavy atom. The zero-order valence-electron chi connectivity index (χ0n) is 8.49. The molecule has 0 aromatic rings. The Bertz CT molecular complexity index is 206. The molecule has 1 saturated heterocycles. The van der Waals surface area contributed by atoms with E-state index >= 15 is 0 Å². The fraction of sp³-hybridized carbons (Fsp3) is 0.900. The van der Waals surface area contributed by atoms with Crippen LogP contribution in [0.3, 0.4) is 0 Å². The molecule has 0 amide bonds. The highest BCUT2D eigenvalue weighted by Gasteiger charge is 2.36. The predicted octanol–water partition coefficient (Wildman–Crippen LogP) is 1.36. The van der Waals surface area contributed by atoms with Gasteiger partial charge < -0.3 is 10.1 Å². The number of rotatable bonds is 2. The van der Waals surface area contributed by atoms with Crippen LogP contribution in [0.15, 0.2) is 0 Å². The number of methoxy groups -OCH3 is 1. The average molecular weight is 220 g/mol. The fourth-order valence-electron chi connectivity index (χ4n) is 2.36. The quantitative estimate of drug-likeness (QED) is 0.713. The molecule has 3 nitrogen and oxygen atoms in total. The van der Waals surface area contributed by atoms with Gasteiger partial charge in [0.15, 0.2) is 0 Å². The van der Waals surface area contributed by atoms with Crippen molar-refractivity contribution in [1.82, 2.24) is 5.32 Å². The summed E-state index contributed by atoms with van der Waals surface area (Å²) in [4.78, 5) is 11.2. The largest absolute Gasteiger partial charge is 0.468 e. The highest BCUT2D eigenvalue weighted by Crippen LogP contribution is 2.37. The van der Waals surface area contributed by atoms with E-state index in [2.05, 4.69) is 5.32 Å². The highest BCUT2D eigenvalue weighted by molar-refractivity contribution is 5.85. The van der Waals surface area contributed by atoms with Crippen LogP contribution in [0.5, 0.6) is 0 Å². The Morgan fingerprint density at radius 1 is 1.36 bits per heavy atom. The van der Waals surface area contributed by atoms with Crippen molar-refractivity contribution in [2.45, 2.75) is 31.7 Å². The van der Waals surface area contributed by atoms with Crippen LogP contribution >= 0.6 is 12.4 Å². The van der Waals surface area contributed by atoms with E-state index in [4.69, 9.17) is 4.74 Å². The van der Waals surface area contributed by atoms with Crippen molar-refractivity contribution in [2.75, 3.05) is 13.7 Å². The van der Waals surface area contributed by atoms with Gasteiger partial charge in [0.05, 0.1) is 7.11 Å². The van der Waals surface area contributed by atoms with Crippen molar-refractivity contribution in [2.24, 2.45) is 11.8 Å². The zero-order valence-corrected chi connectivity index (χ0v) is 9.31. The fourth-order valence-corrected chi connectivity index (χ4v) is 2.36. The van der Waals surface area contributed by atoms with Gasteiger partial charge in [0.25, 0.3) is 0 Å². The Kier molecular flexibility index (Phi) is 4.20. The minimum Gasteiger partial charge on any atom is -0.468 e. The first-order valence-electron chi connectivity index (χ1n) is 5.12. The molecule has 2 aliphatic rings. The first kappa shape index (κ1) is 11.8. The molecule has 1 saturated carbocycles. The van der Waals surface area contributed by atoms with E-state index in [9.17, 15) is 4.79 Å². The molecule has 82 valence electrons. The maximum absolute atomic E-state index is 11.2. The third kappa shape index (κ3) is 2.20. The van der Waals surface area contributed by atoms with Gasteiger partial charge >= 0.3 is 5.97 Å². The molecular weight excluding hydrogens is 202 g/mol. The molecule has 4 heteroatoms. The maximum Gasteiger partial charge on any atom is 0.322 e. The molecule has 0 spiro atoms. The number of ether oxygens (including phenoxy) is 1. The number of halogens is 1. The van der Waals surface area contributed by atoms with Crippen LogP contribution in [-0.2, 0) is 9.53 Å². The van der Waals surface area contributed by atoms with Crippen molar-refractivity contribution in [3.05, 3.63) is 0 Å². The van der Waals surface area contributed by atoms with E-state index in [-0.39, 0.29) is 24.4 Å². The topological polar surface area (TPSA) is 38.3 Å². The van der Waals surface area contributed by atoms with Gasteiger partial charge in [-0.2, -0.15) is 0 Å². The van der Waals surface area contributed by atoms with Crippen molar-refractivity contribution in [3.63, 3.8) is 0 Å². The van der Waals surface area contributed by atoms with Crippen LogP contribution in [-0.4, -0.2) is 25.7 Å². The van der Waals surface area contributed by atoms with Gasteiger partial charge in [-0.3, -0.25) is 4.79 Å². The van der Waals surface area contributed by atoms with Crippen LogP contribution in [0.2, 0.25) is 0 Å². The average Bonchev–Trinajstić information content (AvgIpc) is 2.49. The van der Waals surface area contributed by atoms with Gasteiger partial charge in [-0.15, -0.1) is 12.4 Å². The molecule has 1 aliphatic heterocycles. The van der Waals surface area contributed by atoms with Crippen LogP contribution in [0.25, 0.3) is 0 Å². The number of nitrogens with one attached hydrogen (secondary N) is 1. The molecule has 1 aliphatic carbocycles. The summed E-state index contributed by atoms with van der Waals surface area (Å²) in [5.74, 6) is 1.50. The summed E-state index contributed by atoms with van der Waals surface area (Å²) in [5.41, 5.74) is 0. The lowest BCUT2D eigenvalue weighted by Gasteiger charge is -2.30. The smallest absolute Gasteiger partial charge is 0.322 e. The monoisotopic (exact) mass is 219 g/mol. The standard InChI is InChI=1S/C10H17NO2.ClH/c1-13-10(12)9-5-8(6-11-9)7-3-2-4-7;/h7-9,11H,2-6H2,1H3;1H/t8?,9-;/m0./s1. The number of esters is 1. The molecule has 0 radical (unpaired) electrons. The third-order valence-electron chi connectivity index (χ3n) is 3.47. The highest BCUT2D eigenvalue weighted by atomic mass is 35.5. The van der Waals surface area contributed by atoms with E-state index in [0.717, 1.165) is 24.8 Å². The van der Waals surface area contributed by atoms with Crippen molar-refractivity contribution < 1.29 is 9.53 Å². The SMILES string of the molecule is COC(=O)[C@@H]1CC(C2CCC2)CN1.Cl. The van der Waals surface area contributed by atoms with Gasteiger partial charge in [0.2, 0.25) is 0 Å². The molecule has 2 rings (SSSR count). The minimum atomic E-state index is -0.0955. The van der Waals surface area contributed by atoms with Gasteiger partial charge in [0.1, 0.15) is 6.04 Å². The molecule has 1 unspecified atom stereocenters.